The summed E-state index contributed by atoms with van der Waals surface area (Å²) in [5.41, 5.74) is 0. The number of sulfonamides is 1. The lowest BCUT2D eigenvalue weighted by molar-refractivity contribution is 0.249. The Bertz CT molecular complexity index is 392. The van der Waals surface area contributed by atoms with Crippen LogP contribution in [0.4, 0.5) is 0 Å². The van der Waals surface area contributed by atoms with Gasteiger partial charge in [-0.3, -0.25) is 0 Å². The highest BCUT2D eigenvalue weighted by Gasteiger charge is 2.31. The van der Waals surface area contributed by atoms with Gasteiger partial charge in [0.25, 0.3) is 0 Å². The van der Waals surface area contributed by atoms with Crippen molar-refractivity contribution < 1.29 is 8.42 Å². The molecule has 0 spiro atoms. The molecule has 2 aliphatic carbocycles. The average Bonchev–Trinajstić information content (AvgIpc) is 3.13. The van der Waals surface area contributed by atoms with E-state index in [9.17, 15) is 8.42 Å². The van der Waals surface area contributed by atoms with Crippen LogP contribution in [0.25, 0.3) is 0 Å². The molecule has 0 aromatic carbocycles. The first-order valence-electron chi connectivity index (χ1n) is 7.63. The van der Waals surface area contributed by atoms with Crippen molar-refractivity contribution in [1.29, 1.82) is 0 Å². The van der Waals surface area contributed by atoms with Crippen LogP contribution in [0.15, 0.2) is 0 Å². The van der Waals surface area contributed by atoms with E-state index in [1.165, 1.54) is 12.8 Å². The lowest BCUT2D eigenvalue weighted by atomic mass is 9.80. The number of hydrogen-bond acceptors (Lipinski definition) is 3. The summed E-state index contributed by atoms with van der Waals surface area (Å²) in [5, 5.41) is 2.95. The fraction of sp³-hybridized carbons (Fsp3) is 1.00. The van der Waals surface area contributed by atoms with E-state index in [1.807, 2.05) is 0 Å². The van der Waals surface area contributed by atoms with Crippen molar-refractivity contribution in [3.63, 3.8) is 0 Å². The summed E-state index contributed by atoms with van der Waals surface area (Å²) in [5.74, 6) is 1.17. The van der Waals surface area contributed by atoms with Gasteiger partial charge in [0.05, 0.1) is 5.25 Å². The first kappa shape index (κ1) is 15.3. The molecule has 4 nitrogen and oxygen atoms in total. The molecule has 112 valence electrons. The second-order valence-electron chi connectivity index (χ2n) is 6.66. The van der Waals surface area contributed by atoms with Gasteiger partial charge in [-0.25, -0.2) is 13.1 Å². The molecular formula is C14H28N2O2S. The molecule has 5 heteroatoms. The summed E-state index contributed by atoms with van der Waals surface area (Å²) in [6.07, 6.45) is 5.62. The highest BCUT2D eigenvalue weighted by molar-refractivity contribution is 7.90. The number of rotatable bonds is 6. The molecule has 2 fully saturated rings. The van der Waals surface area contributed by atoms with Crippen LogP contribution in [-0.4, -0.2) is 32.3 Å². The topological polar surface area (TPSA) is 58.2 Å². The molecule has 4 atom stereocenters. The Kier molecular flexibility index (Phi) is 4.90. The Morgan fingerprint density at radius 3 is 2.42 bits per heavy atom. The van der Waals surface area contributed by atoms with E-state index in [0.29, 0.717) is 18.5 Å². The number of nitrogens with one attached hydrogen (secondary N) is 2. The molecule has 0 aliphatic heterocycles. The normalized spacial score (nSPS) is 34.2. The molecule has 2 N–H and O–H groups in total. The van der Waals surface area contributed by atoms with Gasteiger partial charge in [-0.05, 0) is 50.9 Å². The summed E-state index contributed by atoms with van der Waals surface area (Å²) in [6, 6.07) is 0.691. The summed E-state index contributed by atoms with van der Waals surface area (Å²) >= 11 is 0. The Hall–Kier alpha value is -0.130. The minimum atomic E-state index is -3.19. The predicted molar refractivity (Wildman–Crippen MR) is 78.5 cm³/mol. The molecular weight excluding hydrogens is 260 g/mol. The molecule has 2 aliphatic rings. The Labute approximate surface area is 117 Å². The van der Waals surface area contributed by atoms with Crippen LogP contribution in [0, 0.1) is 11.8 Å². The van der Waals surface area contributed by atoms with Gasteiger partial charge in [0.2, 0.25) is 10.0 Å². The van der Waals surface area contributed by atoms with Crippen LogP contribution in [0.2, 0.25) is 0 Å². The molecule has 0 radical (unpaired) electrons. The van der Waals surface area contributed by atoms with Crippen molar-refractivity contribution in [1.82, 2.24) is 10.0 Å². The van der Waals surface area contributed by atoms with Crippen LogP contribution >= 0.6 is 0 Å². The van der Waals surface area contributed by atoms with E-state index >= 15 is 0 Å². The van der Waals surface area contributed by atoms with Crippen LogP contribution in [0.3, 0.4) is 0 Å². The van der Waals surface area contributed by atoms with Gasteiger partial charge in [-0.15, -0.1) is 0 Å². The van der Waals surface area contributed by atoms with Crippen LogP contribution in [0.1, 0.15) is 52.9 Å². The zero-order valence-corrected chi connectivity index (χ0v) is 13.2. The third-order valence-corrected chi connectivity index (χ3v) is 6.41. The molecule has 0 bridgehead atoms. The number of hydrogen-bond donors (Lipinski definition) is 2. The second kappa shape index (κ2) is 6.10. The first-order chi connectivity index (χ1) is 8.88. The molecule has 0 aromatic rings. The van der Waals surface area contributed by atoms with Gasteiger partial charge in [-0.2, -0.15) is 0 Å². The summed E-state index contributed by atoms with van der Waals surface area (Å²) in [7, 11) is -3.19. The van der Waals surface area contributed by atoms with Gasteiger partial charge in [-0.1, -0.05) is 13.8 Å². The van der Waals surface area contributed by atoms with Crippen molar-refractivity contribution in [2.75, 3.05) is 6.54 Å². The van der Waals surface area contributed by atoms with Gasteiger partial charge in [0, 0.05) is 18.6 Å². The minimum Gasteiger partial charge on any atom is -0.313 e. The molecule has 2 rings (SSSR count). The van der Waals surface area contributed by atoms with Gasteiger partial charge in [0.15, 0.2) is 0 Å². The third kappa shape index (κ3) is 4.43. The van der Waals surface area contributed by atoms with Crippen molar-refractivity contribution in [2.45, 2.75) is 70.2 Å². The quantitative estimate of drug-likeness (QED) is 0.784. The molecule has 0 saturated heterocycles. The van der Waals surface area contributed by atoms with E-state index in [4.69, 9.17) is 0 Å². The maximum absolute atomic E-state index is 12.3. The average molecular weight is 288 g/mol. The van der Waals surface area contributed by atoms with E-state index < -0.39 is 10.0 Å². The van der Waals surface area contributed by atoms with Crippen molar-refractivity contribution >= 4 is 10.0 Å². The van der Waals surface area contributed by atoms with E-state index in [0.717, 1.165) is 25.2 Å². The third-order valence-electron chi connectivity index (χ3n) is 4.55. The van der Waals surface area contributed by atoms with Crippen LogP contribution in [0.5, 0.6) is 0 Å². The summed E-state index contributed by atoms with van der Waals surface area (Å²) in [6.45, 7) is 6.78. The fourth-order valence-corrected chi connectivity index (χ4v) is 4.22. The molecule has 0 aromatic heterocycles. The smallest absolute Gasteiger partial charge is 0.215 e. The monoisotopic (exact) mass is 288 g/mol. The van der Waals surface area contributed by atoms with Gasteiger partial charge in [0.1, 0.15) is 0 Å². The highest BCUT2D eigenvalue weighted by atomic mass is 32.2. The largest absolute Gasteiger partial charge is 0.313 e. The molecule has 0 amide bonds. The van der Waals surface area contributed by atoms with E-state index in [1.54, 1.807) is 6.92 Å². The van der Waals surface area contributed by atoms with Crippen LogP contribution in [-0.2, 0) is 10.0 Å². The predicted octanol–water partition coefficient (Wildman–Crippen LogP) is 1.87. The lowest BCUT2D eigenvalue weighted by Gasteiger charge is -2.33. The Morgan fingerprint density at radius 1 is 1.16 bits per heavy atom. The first-order valence-corrected chi connectivity index (χ1v) is 9.17. The molecule has 4 unspecified atom stereocenters. The maximum Gasteiger partial charge on any atom is 0.215 e. The Morgan fingerprint density at radius 2 is 1.84 bits per heavy atom. The van der Waals surface area contributed by atoms with E-state index in [-0.39, 0.29) is 11.3 Å². The van der Waals surface area contributed by atoms with E-state index in [2.05, 4.69) is 23.9 Å². The Balaban J connectivity index is 1.84. The summed E-state index contributed by atoms with van der Waals surface area (Å²) < 4.78 is 27.6. The zero-order valence-electron chi connectivity index (χ0n) is 12.4. The standard InChI is InChI=1S/C14H28N2O2S/c1-10-4-7-14(11(2)8-10)16-19(17,18)12(3)9-15-13-5-6-13/h10-16H,4-9H2,1-3H3. The molecule has 0 heterocycles. The molecule has 19 heavy (non-hydrogen) atoms. The fourth-order valence-electron chi connectivity index (χ4n) is 2.90. The van der Waals surface area contributed by atoms with Gasteiger partial charge >= 0.3 is 0 Å². The van der Waals surface area contributed by atoms with Crippen LogP contribution < -0.4 is 10.0 Å². The molecule has 2 saturated carbocycles. The maximum atomic E-state index is 12.3. The highest BCUT2D eigenvalue weighted by Crippen LogP contribution is 2.29. The van der Waals surface area contributed by atoms with Crippen molar-refractivity contribution in [2.24, 2.45) is 11.8 Å². The van der Waals surface area contributed by atoms with Crippen molar-refractivity contribution in [3.8, 4) is 0 Å². The minimum absolute atomic E-state index is 0.129. The second-order valence-corrected chi connectivity index (χ2v) is 8.79. The zero-order chi connectivity index (χ0) is 14.0. The summed E-state index contributed by atoms with van der Waals surface area (Å²) in [4.78, 5) is 0. The van der Waals surface area contributed by atoms with Gasteiger partial charge < -0.3 is 5.32 Å². The lowest BCUT2D eigenvalue weighted by Crippen LogP contribution is -2.47. The van der Waals surface area contributed by atoms with Crippen molar-refractivity contribution in [3.05, 3.63) is 0 Å². The SMILES string of the molecule is CC1CCC(NS(=O)(=O)C(C)CNC2CC2)C(C)C1.